The van der Waals surface area contributed by atoms with E-state index in [1.165, 1.54) is 12.1 Å². The molecular formula is C26H32FN3O2. The molecule has 0 atom stereocenters. The van der Waals surface area contributed by atoms with Crippen LogP contribution in [0.1, 0.15) is 49.4 Å². The highest BCUT2D eigenvalue weighted by Gasteiger charge is 2.53. The van der Waals surface area contributed by atoms with Crippen molar-refractivity contribution in [3.05, 3.63) is 66.0 Å². The van der Waals surface area contributed by atoms with Crippen molar-refractivity contribution in [2.45, 2.75) is 44.6 Å². The summed E-state index contributed by atoms with van der Waals surface area (Å²) in [5.74, 6) is -0.0171. The van der Waals surface area contributed by atoms with Crippen LogP contribution in [0.25, 0.3) is 0 Å². The maximum absolute atomic E-state index is 13.4. The van der Waals surface area contributed by atoms with Gasteiger partial charge in [-0.1, -0.05) is 25.1 Å². The molecule has 1 spiro atoms. The summed E-state index contributed by atoms with van der Waals surface area (Å²) in [5, 5.41) is 0. The monoisotopic (exact) mass is 437 g/mol. The fourth-order valence-electron chi connectivity index (χ4n) is 5.03. The van der Waals surface area contributed by atoms with Crippen LogP contribution >= 0.6 is 0 Å². The number of hydrogen-bond donors (Lipinski definition) is 0. The molecule has 0 aromatic heterocycles. The zero-order chi connectivity index (χ0) is 22.6. The van der Waals surface area contributed by atoms with Gasteiger partial charge in [0.1, 0.15) is 11.4 Å². The van der Waals surface area contributed by atoms with E-state index in [9.17, 15) is 14.0 Å². The van der Waals surface area contributed by atoms with Crippen LogP contribution in [-0.4, -0.2) is 59.9 Å². The number of carbonyl (C=O) groups excluding carboxylic acids is 2. The third kappa shape index (κ3) is 4.56. The number of likely N-dealkylation sites (tertiary alicyclic amines) is 1. The molecule has 2 aliphatic heterocycles. The van der Waals surface area contributed by atoms with Crippen LogP contribution in [0, 0.1) is 5.82 Å². The number of rotatable bonds is 8. The fourth-order valence-corrected chi connectivity index (χ4v) is 5.03. The first-order chi connectivity index (χ1) is 15.5. The Morgan fingerprint density at radius 1 is 1.00 bits per heavy atom. The lowest BCUT2D eigenvalue weighted by molar-refractivity contribution is -0.133. The van der Waals surface area contributed by atoms with Crippen molar-refractivity contribution in [3.8, 4) is 0 Å². The van der Waals surface area contributed by atoms with E-state index in [-0.39, 0.29) is 17.5 Å². The van der Waals surface area contributed by atoms with Gasteiger partial charge in [0.15, 0.2) is 5.78 Å². The summed E-state index contributed by atoms with van der Waals surface area (Å²) in [6, 6.07) is 16.0. The molecule has 0 unspecified atom stereocenters. The van der Waals surface area contributed by atoms with Crippen molar-refractivity contribution in [2.75, 3.05) is 37.7 Å². The number of Topliss-reactive ketones (excluding diaryl/α,β-unsaturated/α-hetero) is 1. The molecule has 2 aromatic rings. The van der Waals surface area contributed by atoms with E-state index in [4.69, 9.17) is 0 Å². The van der Waals surface area contributed by atoms with Gasteiger partial charge in [-0.25, -0.2) is 4.39 Å². The Kier molecular flexibility index (Phi) is 6.89. The third-order valence-electron chi connectivity index (χ3n) is 6.80. The summed E-state index contributed by atoms with van der Waals surface area (Å²) in [4.78, 5) is 32.5. The zero-order valence-electron chi connectivity index (χ0n) is 18.8. The first kappa shape index (κ1) is 22.5. The minimum atomic E-state index is -0.461. The largest absolute Gasteiger partial charge is 0.339 e. The highest BCUT2D eigenvalue weighted by molar-refractivity contribution is 5.96. The number of amides is 1. The maximum atomic E-state index is 13.4. The van der Waals surface area contributed by atoms with Gasteiger partial charge in [-0.05, 0) is 68.6 Å². The Balaban J connectivity index is 1.35. The van der Waals surface area contributed by atoms with E-state index in [0.717, 1.165) is 57.5 Å². The average Bonchev–Trinajstić information content (AvgIpc) is 3.08. The van der Waals surface area contributed by atoms with Gasteiger partial charge < -0.3 is 14.7 Å². The molecule has 2 heterocycles. The molecule has 2 fully saturated rings. The molecule has 2 saturated heterocycles. The van der Waals surface area contributed by atoms with E-state index in [0.29, 0.717) is 18.7 Å². The number of anilines is 1. The Morgan fingerprint density at radius 3 is 2.34 bits per heavy atom. The van der Waals surface area contributed by atoms with Gasteiger partial charge in [-0.2, -0.15) is 0 Å². The van der Waals surface area contributed by atoms with Gasteiger partial charge in [0, 0.05) is 37.3 Å². The first-order valence-corrected chi connectivity index (χ1v) is 11.7. The number of piperidine rings is 1. The Labute approximate surface area is 189 Å². The Morgan fingerprint density at radius 2 is 1.69 bits per heavy atom. The summed E-state index contributed by atoms with van der Waals surface area (Å²) in [6.07, 6.45) is 3.77. The molecule has 0 radical (unpaired) electrons. The number of hydrogen-bond acceptors (Lipinski definition) is 4. The molecule has 4 rings (SSSR count). The zero-order valence-corrected chi connectivity index (χ0v) is 18.8. The van der Waals surface area contributed by atoms with Crippen LogP contribution in [0.5, 0.6) is 0 Å². The molecule has 1 amide bonds. The van der Waals surface area contributed by atoms with Crippen molar-refractivity contribution >= 4 is 17.4 Å². The number of ketones is 1. The van der Waals surface area contributed by atoms with E-state index < -0.39 is 5.54 Å². The van der Waals surface area contributed by atoms with Crippen LogP contribution in [0.4, 0.5) is 10.1 Å². The highest BCUT2D eigenvalue weighted by Crippen LogP contribution is 2.39. The van der Waals surface area contributed by atoms with E-state index in [2.05, 4.69) is 28.9 Å². The topological polar surface area (TPSA) is 43.9 Å². The summed E-state index contributed by atoms with van der Waals surface area (Å²) in [5.41, 5.74) is 1.21. The summed E-state index contributed by atoms with van der Waals surface area (Å²) in [6.45, 7) is 6.09. The third-order valence-corrected chi connectivity index (χ3v) is 6.80. The lowest BCUT2D eigenvalue weighted by atomic mass is 9.85. The van der Waals surface area contributed by atoms with E-state index in [1.807, 2.05) is 23.1 Å². The second-order valence-corrected chi connectivity index (χ2v) is 8.88. The van der Waals surface area contributed by atoms with Crippen molar-refractivity contribution < 1.29 is 14.0 Å². The van der Waals surface area contributed by atoms with Crippen LogP contribution in [0.15, 0.2) is 54.6 Å². The predicted octanol–water partition coefficient (Wildman–Crippen LogP) is 4.34. The molecule has 32 heavy (non-hydrogen) atoms. The predicted molar refractivity (Wildman–Crippen MR) is 124 cm³/mol. The van der Waals surface area contributed by atoms with Gasteiger partial charge in [-0.15, -0.1) is 0 Å². The second kappa shape index (κ2) is 9.82. The van der Waals surface area contributed by atoms with E-state index in [1.54, 1.807) is 12.1 Å². The molecule has 170 valence electrons. The van der Waals surface area contributed by atoms with Gasteiger partial charge >= 0.3 is 0 Å². The number of para-hydroxylation sites is 1. The number of halogens is 1. The van der Waals surface area contributed by atoms with Crippen molar-refractivity contribution in [2.24, 2.45) is 0 Å². The molecule has 0 saturated carbocycles. The number of benzene rings is 2. The van der Waals surface area contributed by atoms with Gasteiger partial charge in [-0.3, -0.25) is 9.59 Å². The SMILES string of the molecule is CCCN1CN(c2ccccc2)C2(CCN(CCCC(=O)c3ccc(F)cc3)CC2)C1=O. The maximum Gasteiger partial charge on any atom is 0.250 e. The molecule has 6 heteroatoms. The average molecular weight is 438 g/mol. The minimum Gasteiger partial charge on any atom is -0.339 e. The minimum absolute atomic E-state index is 0.0508. The smallest absolute Gasteiger partial charge is 0.250 e. The standard InChI is InChI=1S/C26H32FN3O2/c1-2-16-29-20-30(23-7-4-3-5-8-23)26(25(29)32)14-18-28(19-15-26)17-6-9-24(31)21-10-12-22(27)13-11-21/h3-5,7-8,10-13H,2,6,9,14-20H2,1H3. The summed E-state index contributed by atoms with van der Waals surface area (Å²) >= 11 is 0. The number of carbonyl (C=O) groups is 2. The molecule has 5 nitrogen and oxygen atoms in total. The van der Waals surface area contributed by atoms with Crippen LogP contribution in [-0.2, 0) is 4.79 Å². The molecule has 2 aliphatic rings. The van der Waals surface area contributed by atoms with Crippen LogP contribution in [0.2, 0.25) is 0 Å². The van der Waals surface area contributed by atoms with Crippen molar-refractivity contribution in [1.29, 1.82) is 0 Å². The van der Waals surface area contributed by atoms with Gasteiger partial charge in [0.25, 0.3) is 0 Å². The van der Waals surface area contributed by atoms with Crippen molar-refractivity contribution in [3.63, 3.8) is 0 Å². The lowest BCUT2D eigenvalue weighted by Crippen LogP contribution is -2.56. The Hall–Kier alpha value is -2.73. The van der Waals surface area contributed by atoms with Crippen LogP contribution in [0.3, 0.4) is 0 Å². The fraction of sp³-hybridized carbons (Fsp3) is 0.462. The van der Waals surface area contributed by atoms with Gasteiger partial charge in [0.2, 0.25) is 5.91 Å². The van der Waals surface area contributed by atoms with E-state index >= 15 is 0 Å². The van der Waals surface area contributed by atoms with Crippen molar-refractivity contribution in [1.82, 2.24) is 9.80 Å². The van der Waals surface area contributed by atoms with Gasteiger partial charge in [0.05, 0.1) is 6.67 Å². The molecule has 2 aromatic carbocycles. The summed E-state index contributed by atoms with van der Waals surface area (Å²) < 4.78 is 13.1. The first-order valence-electron chi connectivity index (χ1n) is 11.7. The van der Waals surface area contributed by atoms with Crippen LogP contribution < -0.4 is 4.90 Å². The molecule has 0 bridgehead atoms. The second-order valence-electron chi connectivity index (χ2n) is 8.88. The summed E-state index contributed by atoms with van der Waals surface area (Å²) in [7, 11) is 0. The quantitative estimate of drug-likeness (QED) is 0.577. The Bertz CT molecular complexity index is 924. The highest BCUT2D eigenvalue weighted by atomic mass is 19.1. The molecule has 0 N–H and O–H groups in total. The normalized spacial score (nSPS) is 18.5. The molecular weight excluding hydrogens is 405 g/mol. The lowest BCUT2D eigenvalue weighted by Gasteiger charge is -2.43. The number of nitrogens with zero attached hydrogens (tertiary/aromatic N) is 3. The molecule has 0 aliphatic carbocycles.